The van der Waals surface area contributed by atoms with Gasteiger partial charge in [0, 0.05) is 12.7 Å². The molecule has 0 atom stereocenters. The van der Waals surface area contributed by atoms with Gasteiger partial charge in [0.2, 0.25) is 0 Å². The predicted molar refractivity (Wildman–Crippen MR) is 70.1 cm³/mol. The molecule has 0 unspecified atom stereocenters. The zero-order valence-corrected chi connectivity index (χ0v) is 8.89. The van der Waals surface area contributed by atoms with Gasteiger partial charge in [-0.2, -0.15) is 0 Å². The molecule has 1 heteroatoms. The Morgan fingerprint density at radius 1 is 1.36 bits per heavy atom. The van der Waals surface area contributed by atoms with Gasteiger partial charge >= 0.3 is 0 Å². The lowest BCUT2D eigenvalue weighted by Crippen LogP contribution is -1.84. The molecule has 84 valence electrons. The summed E-state index contributed by atoms with van der Waals surface area (Å²) < 4.78 is 0. The van der Waals surface area contributed by atoms with Gasteiger partial charge in [-0.1, -0.05) is 31.6 Å². The average molecular weight is 198 g/mol. The van der Waals surface area contributed by atoms with E-state index in [1.54, 1.807) is 13.0 Å². The lowest BCUT2D eigenvalue weighted by Gasteiger charge is -1.95. The fraction of sp³-hybridized carbons (Fsp3) is 0.462. The summed E-state index contributed by atoms with van der Waals surface area (Å²) in [5.74, 6) is 10.7. The summed E-state index contributed by atoms with van der Waals surface area (Å²) in [5, 5.41) is 0. The van der Waals surface area contributed by atoms with Crippen molar-refractivity contribution in [2.24, 2.45) is 0 Å². The van der Waals surface area contributed by atoms with Crippen LogP contribution in [0.15, 0.2) is 11.6 Å². The van der Waals surface area contributed by atoms with E-state index in [2.05, 4.69) is 30.6 Å². The highest BCUT2D eigenvalue weighted by Crippen LogP contribution is 2.05. The smallest absolute Gasteiger partial charge is 0.146 e. The second kappa shape index (κ2) is 9.62. The third-order valence-corrected chi connectivity index (χ3v) is 1.74. The van der Waals surface area contributed by atoms with E-state index in [4.69, 9.17) is 0 Å². The number of unbranched alkanes of at least 4 members (excludes halogenated alkanes) is 2. The van der Waals surface area contributed by atoms with Gasteiger partial charge in [-0.05, 0) is 37.7 Å². The summed E-state index contributed by atoms with van der Waals surface area (Å²) in [4.78, 5) is 10.6. The van der Waals surface area contributed by atoms with Crippen LogP contribution in [-0.4, -0.2) is 6.29 Å². The van der Waals surface area contributed by atoms with E-state index < -0.39 is 0 Å². The number of aldehydes is 1. The number of hydrogen-bond donors (Lipinski definition) is 0. The molecule has 1 nitrogen and oxygen atoms in total. The van der Waals surface area contributed by atoms with E-state index >= 15 is 0 Å². The molecule has 0 radical (unpaired) electrons. The van der Waals surface area contributed by atoms with Crippen molar-refractivity contribution in [3.63, 3.8) is 0 Å². The van der Waals surface area contributed by atoms with Crippen molar-refractivity contribution in [3.05, 3.63) is 11.6 Å². The molecule has 0 amide bonds. The summed E-state index contributed by atoms with van der Waals surface area (Å²) >= 11 is 0. The van der Waals surface area contributed by atoms with Crippen LogP contribution < -0.4 is 0 Å². The Morgan fingerprint density at radius 2 is 2.14 bits per heavy atom. The van der Waals surface area contributed by atoms with E-state index in [1.807, 2.05) is 0 Å². The van der Waals surface area contributed by atoms with Crippen LogP contribution in [0.5, 0.6) is 0 Å². The van der Waals surface area contributed by atoms with Gasteiger partial charge in [-0.25, -0.2) is 0 Å². The van der Waals surface area contributed by atoms with Crippen LogP contribution in [0.4, 0.5) is 0 Å². The first-order valence-corrected chi connectivity index (χ1v) is 4.91. The molecule has 0 aromatic rings. The van der Waals surface area contributed by atoms with Crippen molar-refractivity contribution in [3.8, 4) is 23.7 Å². The molecule has 0 aromatic carbocycles. The van der Waals surface area contributed by atoms with Crippen LogP contribution in [0.1, 0.15) is 46.7 Å². The van der Waals surface area contributed by atoms with Gasteiger partial charge in [0.1, 0.15) is 6.29 Å². The molecule has 0 heterocycles. The highest BCUT2D eigenvalue weighted by molar-refractivity contribution is 5.74. The highest BCUT2D eigenvalue weighted by Gasteiger charge is 1.93. The molecule has 0 rings (SSSR count). The third-order valence-electron chi connectivity index (χ3n) is 1.74. The molecule has 14 heavy (non-hydrogen) atoms. The van der Waals surface area contributed by atoms with Crippen LogP contribution in [0, 0.1) is 23.7 Å². The summed E-state index contributed by atoms with van der Waals surface area (Å²) in [6, 6.07) is 0. The lowest BCUT2D eigenvalue weighted by molar-refractivity contribution is -0.105. The molecule has 0 spiro atoms. The second-order valence-electron chi connectivity index (χ2n) is 2.94. The first-order chi connectivity index (χ1) is 6.85. The van der Waals surface area contributed by atoms with E-state index in [9.17, 15) is 4.79 Å². The average Bonchev–Trinajstić information content (AvgIpc) is 2.22. The molecule has 0 N–H and O–H groups in total. The van der Waals surface area contributed by atoms with E-state index in [0.29, 0.717) is 0 Å². The molecule has 0 aromatic heterocycles. The summed E-state index contributed by atoms with van der Waals surface area (Å²) in [6.07, 6.45) is 6.75. The topological polar surface area (TPSA) is 17.1 Å². The number of rotatable bonds is 5. The zero-order valence-electron chi connectivity index (χ0n) is 8.89. The molecule has 0 aliphatic heterocycles. The van der Waals surface area contributed by atoms with Crippen molar-refractivity contribution >= 4 is 6.29 Å². The van der Waals surface area contributed by atoms with Crippen molar-refractivity contribution in [2.45, 2.75) is 39.5 Å². The van der Waals surface area contributed by atoms with Crippen molar-refractivity contribution < 1.29 is 11.9 Å². The van der Waals surface area contributed by atoms with Crippen LogP contribution in [0.25, 0.3) is 0 Å². The summed E-state index contributed by atoms with van der Waals surface area (Å²) in [5.41, 5.74) is 0.767. The van der Waals surface area contributed by atoms with E-state index in [0.717, 1.165) is 31.1 Å². The third kappa shape index (κ3) is 7.19. The molecular weight excluding hydrogens is 172 g/mol. The standard InChI is InChI=1S/C13H16O.5H2/c1-3-5-7-9-11-13(12-14)10-8-6-4-2;;;;;/h11-12H,4,6,8,10H2,1-2H3;5*1H/b13-11+;;;;;. The molecule has 0 aliphatic carbocycles. The Hall–Kier alpha value is -1.47. The minimum Gasteiger partial charge on any atom is -0.298 e. The normalized spacial score (nSPS) is 9.43. The number of allylic oxidation sites excluding steroid dienone is 2. The molecule has 0 bridgehead atoms. The monoisotopic (exact) mass is 198 g/mol. The molecule has 0 saturated heterocycles. The second-order valence-corrected chi connectivity index (χ2v) is 2.94. The molecule has 0 aliphatic rings. The fourth-order valence-electron chi connectivity index (χ4n) is 0.972. The Balaban J connectivity index is -0.0000000845. The molecular formula is C13H26O. The van der Waals surface area contributed by atoms with E-state index in [1.165, 1.54) is 6.42 Å². The number of carbonyl (C=O) groups excluding carboxylic acids is 1. The predicted octanol–water partition coefficient (Wildman–Crippen LogP) is 3.95. The van der Waals surface area contributed by atoms with Crippen LogP contribution in [-0.2, 0) is 4.79 Å². The van der Waals surface area contributed by atoms with Gasteiger partial charge in [-0.15, -0.1) is 0 Å². The SMILES string of the molecule is CC#CC#C/C=C(/C=O)CCCCC.[HH].[HH].[HH].[HH].[HH]. The van der Waals surface area contributed by atoms with Crippen molar-refractivity contribution in [2.75, 3.05) is 0 Å². The van der Waals surface area contributed by atoms with E-state index in [-0.39, 0.29) is 7.13 Å². The van der Waals surface area contributed by atoms with Gasteiger partial charge in [0.15, 0.2) is 0 Å². The first kappa shape index (κ1) is 12.5. The fourth-order valence-corrected chi connectivity index (χ4v) is 0.972. The Labute approximate surface area is 94.0 Å². The minimum atomic E-state index is 0. The lowest BCUT2D eigenvalue weighted by atomic mass is 10.1. The van der Waals surface area contributed by atoms with Gasteiger partial charge in [0.25, 0.3) is 0 Å². The van der Waals surface area contributed by atoms with Crippen LogP contribution in [0.3, 0.4) is 0 Å². The minimum absolute atomic E-state index is 0. The van der Waals surface area contributed by atoms with Gasteiger partial charge in [0.05, 0.1) is 0 Å². The maximum atomic E-state index is 10.6. The Bertz CT molecular complexity index is 317. The van der Waals surface area contributed by atoms with Gasteiger partial charge < -0.3 is 0 Å². The number of hydrogen-bond acceptors (Lipinski definition) is 1. The van der Waals surface area contributed by atoms with Crippen molar-refractivity contribution in [1.82, 2.24) is 0 Å². The summed E-state index contributed by atoms with van der Waals surface area (Å²) in [7, 11) is 0. The number of carbonyl (C=O) groups is 1. The van der Waals surface area contributed by atoms with Crippen LogP contribution >= 0.6 is 0 Å². The quantitative estimate of drug-likeness (QED) is 0.283. The summed E-state index contributed by atoms with van der Waals surface area (Å²) in [6.45, 7) is 3.88. The maximum absolute atomic E-state index is 10.6. The van der Waals surface area contributed by atoms with Gasteiger partial charge in [-0.3, -0.25) is 4.79 Å². The van der Waals surface area contributed by atoms with Crippen molar-refractivity contribution in [1.29, 1.82) is 0 Å². The van der Waals surface area contributed by atoms with Crippen LogP contribution in [0.2, 0.25) is 0 Å². The highest BCUT2D eigenvalue weighted by atomic mass is 16.1. The molecule has 0 fully saturated rings. The largest absolute Gasteiger partial charge is 0.298 e. The molecule has 0 saturated carbocycles. The Morgan fingerprint density at radius 3 is 2.71 bits per heavy atom. The zero-order chi connectivity index (χ0) is 10.6. The Kier molecular flexibility index (Phi) is 8.61. The maximum Gasteiger partial charge on any atom is 0.146 e. The first-order valence-electron chi connectivity index (χ1n) is 4.91.